The molecule has 2 amide bonds. The molecule has 0 aliphatic carbocycles. The van der Waals surface area contributed by atoms with Crippen molar-refractivity contribution < 1.29 is 4.79 Å². The van der Waals surface area contributed by atoms with Gasteiger partial charge in [0.15, 0.2) is 5.82 Å². The van der Waals surface area contributed by atoms with Gasteiger partial charge in [-0.1, -0.05) is 24.3 Å². The predicted octanol–water partition coefficient (Wildman–Crippen LogP) is 3.05. The molecule has 126 valence electrons. The number of urea groups is 1. The average molecular weight is 344 g/mol. The molecule has 0 radical (unpaired) electrons. The number of rotatable bonds is 7. The minimum atomic E-state index is -0.261. The molecule has 0 fully saturated rings. The summed E-state index contributed by atoms with van der Waals surface area (Å²) in [6.07, 6.45) is 4.40. The van der Waals surface area contributed by atoms with Crippen molar-refractivity contribution in [3.05, 3.63) is 35.5 Å². The van der Waals surface area contributed by atoms with Crippen LogP contribution in [0, 0.1) is 0 Å². The molecule has 2 N–H and O–H groups in total. The highest BCUT2D eigenvalue weighted by molar-refractivity contribution is 7.18. The summed E-state index contributed by atoms with van der Waals surface area (Å²) in [7, 11) is 0. The van der Waals surface area contributed by atoms with Gasteiger partial charge in [-0.3, -0.25) is 10.00 Å². The van der Waals surface area contributed by atoms with E-state index in [0.717, 1.165) is 36.3 Å². The van der Waals surface area contributed by atoms with Crippen molar-refractivity contribution in [2.24, 2.45) is 0 Å². The second kappa shape index (κ2) is 7.87. The quantitative estimate of drug-likeness (QED) is 0.645. The first-order valence-electron chi connectivity index (χ1n) is 8.04. The number of aryl methyl sites for hydroxylation is 2. The summed E-state index contributed by atoms with van der Waals surface area (Å²) >= 11 is 1.71. The first-order chi connectivity index (χ1) is 11.7. The van der Waals surface area contributed by atoms with Gasteiger partial charge >= 0.3 is 6.03 Å². The zero-order chi connectivity index (χ0) is 16.8. The Morgan fingerprint density at radius 1 is 1.33 bits per heavy atom. The van der Waals surface area contributed by atoms with Crippen LogP contribution in [0.4, 0.5) is 10.6 Å². The van der Waals surface area contributed by atoms with Crippen molar-refractivity contribution >= 4 is 33.4 Å². The summed E-state index contributed by atoms with van der Waals surface area (Å²) < 4.78 is 2.91. The number of nitrogens with one attached hydrogen (secondary N) is 2. The number of carbonyl (C=O) groups excluding carboxylic acids is 1. The van der Waals surface area contributed by atoms with E-state index in [1.807, 2.05) is 18.2 Å². The van der Waals surface area contributed by atoms with Crippen LogP contribution in [0.5, 0.6) is 0 Å². The third-order valence-corrected chi connectivity index (χ3v) is 4.52. The van der Waals surface area contributed by atoms with E-state index >= 15 is 0 Å². The van der Waals surface area contributed by atoms with Crippen LogP contribution in [-0.4, -0.2) is 32.6 Å². The molecule has 3 aromatic rings. The van der Waals surface area contributed by atoms with E-state index in [1.165, 1.54) is 4.70 Å². The molecule has 3 rings (SSSR count). The molecular formula is C16H20N6OS. The summed E-state index contributed by atoms with van der Waals surface area (Å²) in [6, 6.07) is 7.85. The molecule has 2 aromatic heterocycles. The number of carbonyl (C=O) groups is 1. The molecule has 7 nitrogen and oxygen atoms in total. The Bertz CT molecular complexity index is 779. The number of benzene rings is 1. The number of fused-ring (bicyclic) bond motifs is 1. The van der Waals surface area contributed by atoms with Crippen LogP contribution in [0.25, 0.3) is 10.2 Å². The van der Waals surface area contributed by atoms with Crippen molar-refractivity contribution in [3.63, 3.8) is 0 Å². The lowest BCUT2D eigenvalue weighted by Crippen LogP contribution is -2.29. The van der Waals surface area contributed by atoms with Crippen molar-refractivity contribution in [2.45, 2.75) is 32.7 Å². The molecule has 2 heterocycles. The molecule has 0 aliphatic heterocycles. The molecule has 0 saturated carbocycles. The summed E-state index contributed by atoms with van der Waals surface area (Å²) in [4.78, 5) is 16.4. The topological polar surface area (TPSA) is 84.7 Å². The number of thiazole rings is 1. The highest BCUT2D eigenvalue weighted by Crippen LogP contribution is 2.22. The van der Waals surface area contributed by atoms with E-state index in [2.05, 4.69) is 38.9 Å². The lowest BCUT2D eigenvalue weighted by Gasteiger charge is -2.04. The van der Waals surface area contributed by atoms with Crippen LogP contribution >= 0.6 is 11.3 Å². The number of nitrogens with zero attached hydrogens (tertiary/aromatic N) is 4. The predicted molar refractivity (Wildman–Crippen MR) is 95.3 cm³/mol. The van der Waals surface area contributed by atoms with Crippen molar-refractivity contribution in [1.82, 2.24) is 25.3 Å². The average Bonchev–Trinajstić information content (AvgIpc) is 3.18. The van der Waals surface area contributed by atoms with E-state index in [0.29, 0.717) is 12.4 Å². The highest BCUT2D eigenvalue weighted by atomic mass is 32.1. The Kier molecular flexibility index (Phi) is 5.37. The van der Waals surface area contributed by atoms with Gasteiger partial charge in [0, 0.05) is 19.5 Å². The molecule has 0 saturated heterocycles. The number of para-hydroxylation sites is 1. The first kappa shape index (κ1) is 16.4. The van der Waals surface area contributed by atoms with Gasteiger partial charge in [-0.2, -0.15) is 0 Å². The molecule has 0 atom stereocenters. The first-order valence-corrected chi connectivity index (χ1v) is 8.85. The van der Waals surface area contributed by atoms with Gasteiger partial charge in [-0.25, -0.2) is 9.78 Å². The Morgan fingerprint density at radius 2 is 2.21 bits per heavy atom. The maximum Gasteiger partial charge on any atom is 0.320 e. The van der Waals surface area contributed by atoms with E-state index in [9.17, 15) is 4.79 Å². The Balaban J connectivity index is 1.40. The molecule has 1 aromatic carbocycles. The number of amides is 2. The zero-order valence-electron chi connectivity index (χ0n) is 13.5. The molecule has 0 bridgehead atoms. The second-order valence-corrected chi connectivity index (χ2v) is 6.54. The van der Waals surface area contributed by atoms with E-state index in [-0.39, 0.29) is 6.03 Å². The summed E-state index contributed by atoms with van der Waals surface area (Å²) in [5.74, 6) is 0.465. The maximum absolute atomic E-state index is 11.8. The van der Waals surface area contributed by atoms with Crippen LogP contribution in [0.2, 0.25) is 0 Å². The smallest absolute Gasteiger partial charge is 0.320 e. The molecule has 0 spiro atoms. The minimum Gasteiger partial charge on any atom is -0.338 e. The lowest BCUT2D eigenvalue weighted by molar-refractivity contribution is 0.252. The zero-order valence-corrected chi connectivity index (χ0v) is 14.3. The summed E-state index contributed by atoms with van der Waals surface area (Å²) in [6.45, 7) is 3.44. The van der Waals surface area contributed by atoms with Gasteiger partial charge in [-0.05, 0) is 25.0 Å². The van der Waals surface area contributed by atoms with Gasteiger partial charge in [0.2, 0.25) is 0 Å². The molecule has 0 unspecified atom stereocenters. The van der Waals surface area contributed by atoms with Crippen LogP contribution in [0.15, 0.2) is 30.5 Å². The van der Waals surface area contributed by atoms with Gasteiger partial charge in [0.25, 0.3) is 0 Å². The van der Waals surface area contributed by atoms with Crippen molar-refractivity contribution in [2.75, 3.05) is 11.9 Å². The number of hydrogen-bond donors (Lipinski definition) is 2. The van der Waals surface area contributed by atoms with Crippen LogP contribution < -0.4 is 10.6 Å². The summed E-state index contributed by atoms with van der Waals surface area (Å²) in [5, 5.41) is 14.4. The van der Waals surface area contributed by atoms with Gasteiger partial charge in [0.05, 0.1) is 21.4 Å². The Hall–Kier alpha value is -2.48. The lowest BCUT2D eigenvalue weighted by atomic mass is 10.3. The minimum absolute atomic E-state index is 0.261. The Morgan fingerprint density at radius 3 is 3.04 bits per heavy atom. The molecule has 0 aliphatic rings. The van der Waals surface area contributed by atoms with Crippen LogP contribution in [0.3, 0.4) is 0 Å². The largest absolute Gasteiger partial charge is 0.338 e. The van der Waals surface area contributed by atoms with Gasteiger partial charge in [0.1, 0.15) is 0 Å². The van der Waals surface area contributed by atoms with E-state index < -0.39 is 0 Å². The molecular weight excluding hydrogens is 324 g/mol. The fourth-order valence-electron chi connectivity index (χ4n) is 2.32. The number of hydrogen-bond acceptors (Lipinski definition) is 5. The monoisotopic (exact) mass is 344 g/mol. The number of anilines is 1. The third kappa shape index (κ3) is 4.29. The maximum atomic E-state index is 11.8. The fourth-order valence-corrected chi connectivity index (χ4v) is 3.33. The number of aromatic nitrogens is 4. The SMILES string of the molecule is CCCn1cc(NC(=O)NCCCc2nc3ccccc3s2)nn1. The highest BCUT2D eigenvalue weighted by Gasteiger charge is 2.06. The van der Waals surface area contributed by atoms with Crippen LogP contribution in [0.1, 0.15) is 24.8 Å². The van der Waals surface area contributed by atoms with Crippen molar-refractivity contribution in [3.8, 4) is 0 Å². The molecule has 24 heavy (non-hydrogen) atoms. The normalized spacial score (nSPS) is 10.9. The van der Waals surface area contributed by atoms with Gasteiger partial charge in [-0.15, -0.1) is 16.4 Å². The fraction of sp³-hybridized carbons (Fsp3) is 0.375. The van der Waals surface area contributed by atoms with Crippen molar-refractivity contribution in [1.29, 1.82) is 0 Å². The standard InChI is InChI=1S/C16H20N6OS/c1-2-10-22-11-14(20-21-22)19-16(23)17-9-5-8-15-18-12-6-3-4-7-13(12)24-15/h3-4,6-7,11H,2,5,8-10H2,1H3,(H2,17,19,23). The second-order valence-electron chi connectivity index (χ2n) is 5.43. The van der Waals surface area contributed by atoms with Gasteiger partial charge < -0.3 is 5.32 Å². The van der Waals surface area contributed by atoms with Crippen LogP contribution in [-0.2, 0) is 13.0 Å². The molecule has 8 heteroatoms. The Labute approximate surface area is 144 Å². The third-order valence-electron chi connectivity index (χ3n) is 3.42. The van der Waals surface area contributed by atoms with E-state index in [1.54, 1.807) is 22.2 Å². The summed E-state index contributed by atoms with van der Waals surface area (Å²) in [5.41, 5.74) is 1.04. The van der Waals surface area contributed by atoms with E-state index in [4.69, 9.17) is 0 Å².